The Morgan fingerprint density at radius 3 is 2.79 bits per heavy atom. The zero-order valence-corrected chi connectivity index (χ0v) is 16.5. The summed E-state index contributed by atoms with van der Waals surface area (Å²) in [7, 11) is 0. The fraction of sp³-hybridized carbons (Fsp3) is 0.286. The van der Waals surface area contributed by atoms with Gasteiger partial charge in [0, 0.05) is 24.4 Å². The third-order valence-electron chi connectivity index (χ3n) is 4.93. The molecule has 8 heteroatoms. The molecule has 1 fully saturated rings. The molecule has 7 nitrogen and oxygen atoms in total. The Bertz CT molecular complexity index is 948. The van der Waals surface area contributed by atoms with E-state index in [-0.39, 0.29) is 37.3 Å². The zero-order chi connectivity index (χ0) is 19.3. The van der Waals surface area contributed by atoms with Gasteiger partial charge in [-0.2, -0.15) is 4.98 Å². The van der Waals surface area contributed by atoms with Gasteiger partial charge in [-0.25, -0.2) is 0 Å². The molecule has 0 unspecified atom stereocenters. The van der Waals surface area contributed by atoms with Gasteiger partial charge in [0.05, 0.1) is 0 Å². The number of halogens is 1. The number of aromatic nitrogens is 2. The van der Waals surface area contributed by atoms with Crippen molar-refractivity contribution >= 4 is 18.4 Å². The van der Waals surface area contributed by atoms with Crippen molar-refractivity contribution in [1.29, 1.82) is 0 Å². The highest BCUT2D eigenvalue weighted by Gasteiger charge is 2.30. The van der Waals surface area contributed by atoms with Crippen LogP contribution in [0.5, 0.6) is 5.75 Å². The summed E-state index contributed by atoms with van der Waals surface area (Å²) in [5.41, 5.74) is 1.96. The number of carbonyl (C=O) groups is 1. The van der Waals surface area contributed by atoms with E-state index >= 15 is 0 Å². The van der Waals surface area contributed by atoms with E-state index in [1.54, 1.807) is 0 Å². The van der Waals surface area contributed by atoms with Crippen molar-refractivity contribution in [3.8, 4) is 17.1 Å². The van der Waals surface area contributed by atoms with E-state index in [1.807, 2.05) is 54.6 Å². The fourth-order valence-electron chi connectivity index (χ4n) is 3.56. The minimum atomic E-state index is -0.767. The molecule has 0 radical (unpaired) electrons. The van der Waals surface area contributed by atoms with Gasteiger partial charge in [0.25, 0.3) is 5.89 Å². The number of aliphatic carboxylic acids is 1. The molecule has 0 aliphatic carbocycles. The predicted molar refractivity (Wildman–Crippen MR) is 109 cm³/mol. The number of hydrogen-bond acceptors (Lipinski definition) is 6. The van der Waals surface area contributed by atoms with Crippen molar-refractivity contribution < 1.29 is 19.2 Å². The molecule has 1 saturated heterocycles. The Morgan fingerprint density at radius 2 is 2.00 bits per heavy atom. The van der Waals surface area contributed by atoms with E-state index in [9.17, 15) is 4.79 Å². The lowest BCUT2D eigenvalue weighted by Crippen LogP contribution is -2.15. The standard InChI is InChI=1S/C21H21N3O4.ClH/c25-20(26)10-16-11-22-12-18(16)15-7-4-8-17(9-15)27-13-19-23-21(24-28-19)14-5-2-1-3-6-14;/h1-9,16,18,22H,10-13H2,(H,25,26);1H/t16-,18-;/m0./s1. The van der Waals surface area contributed by atoms with Crippen LogP contribution in [-0.4, -0.2) is 34.3 Å². The lowest BCUT2D eigenvalue weighted by atomic mass is 9.87. The highest BCUT2D eigenvalue weighted by atomic mass is 35.5. The molecule has 1 aliphatic heterocycles. The third-order valence-corrected chi connectivity index (χ3v) is 4.93. The molecule has 1 aliphatic rings. The summed E-state index contributed by atoms with van der Waals surface area (Å²) in [6.45, 7) is 1.66. The topological polar surface area (TPSA) is 97.5 Å². The molecule has 152 valence electrons. The molecule has 2 aromatic carbocycles. The van der Waals surface area contributed by atoms with Crippen LogP contribution in [0.2, 0.25) is 0 Å². The molecule has 1 aromatic heterocycles. The first-order valence-electron chi connectivity index (χ1n) is 9.22. The Morgan fingerprint density at radius 1 is 1.17 bits per heavy atom. The molecule has 0 spiro atoms. The maximum atomic E-state index is 11.1. The summed E-state index contributed by atoms with van der Waals surface area (Å²) >= 11 is 0. The largest absolute Gasteiger partial charge is 0.484 e. The summed E-state index contributed by atoms with van der Waals surface area (Å²) < 4.78 is 11.1. The van der Waals surface area contributed by atoms with Gasteiger partial charge in [-0.05, 0) is 30.2 Å². The average Bonchev–Trinajstić information content (AvgIpc) is 3.36. The molecule has 0 bridgehead atoms. The van der Waals surface area contributed by atoms with Crippen LogP contribution in [0.1, 0.15) is 23.8 Å². The van der Waals surface area contributed by atoms with Crippen LogP contribution in [0.4, 0.5) is 0 Å². The van der Waals surface area contributed by atoms with Gasteiger partial charge in [0.15, 0.2) is 6.61 Å². The smallest absolute Gasteiger partial charge is 0.303 e. The Balaban J connectivity index is 0.00000240. The highest BCUT2D eigenvalue weighted by molar-refractivity contribution is 5.85. The molecule has 0 saturated carbocycles. The Kier molecular flexibility index (Phi) is 6.85. The predicted octanol–water partition coefficient (Wildman–Crippen LogP) is 3.52. The summed E-state index contributed by atoms with van der Waals surface area (Å²) in [6, 6.07) is 17.4. The van der Waals surface area contributed by atoms with E-state index in [4.69, 9.17) is 14.4 Å². The maximum absolute atomic E-state index is 11.1. The molecule has 4 rings (SSSR count). The van der Waals surface area contributed by atoms with Gasteiger partial charge in [-0.15, -0.1) is 12.4 Å². The minimum Gasteiger partial charge on any atom is -0.484 e. The Labute approximate surface area is 174 Å². The summed E-state index contributed by atoms with van der Waals surface area (Å²) in [4.78, 5) is 15.4. The number of hydrogen-bond donors (Lipinski definition) is 2. The molecular formula is C21H22ClN3O4. The van der Waals surface area contributed by atoms with Crippen LogP contribution in [-0.2, 0) is 11.4 Å². The van der Waals surface area contributed by atoms with E-state index in [1.165, 1.54) is 0 Å². The number of nitrogens with one attached hydrogen (secondary N) is 1. The minimum absolute atomic E-state index is 0. The lowest BCUT2D eigenvalue weighted by molar-refractivity contribution is -0.138. The monoisotopic (exact) mass is 415 g/mol. The first kappa shape index (κ1) is 20.8. The SMILES string of the molecule is Cl.O=C(O)C[C@H]1CNC[C@H]1c1cccc(OCc2nc(-c3ccccc3)no2)c1. The second-order valence-corrected chi connectivity index (χ2v) is 6.86. The van der Waals surface area contributed by atoms with Crippen LogP contribution < -0.4 is 10.1 Å². The number of carboxylic acid groups (broad SMARTS) is 1. The van der Waals surface area contributed by atoms with Crippen molar-refractivity contribution in [3.05, 3.63) is 66.1 Å². The van der Waals surface area contributed by atoms with E-state index < -0.39 is 5.97 Å². The van der Waals surface area contributed by atoms with Crippen molar-refractivity contribution in [1.82, 2.24) is 15.5 Å². The first-order valence-corrected chi connectivity index (χ1v) is 9.22. The van der Waals surface area contributed by atoms with Crippen molar-refractivity contribution in [2.45, 2.75) is 18.9 Å². The molecule has 2 heterocycles. The number of carboxylic acids is 1. The fourth-order valence-corrected chi connectivity index (χ4v) is 3.56. The van der Waals surface area contributed by atoms with Crippen LogP contribution in [0.25, 0.3) is 11.4 Å². The van der Waals surface area contributed by atoms with Gasteiger partial charge in [0.1, 0.15) is 5.75 Å². The van der Waals surface area contributed by atoms with Crippen LogP contribution in [0.3, 0.4) is 0 Å². The number of benzene rings is 2. The highest BCUT2D eigenvalue weighted by Crippen LogP contribution is 2.32. The first-order chi connectivity index (χ1) is 13.7. The molecule has 0 amide bonds. The van der Waals surface area contributed by atoms with E-state index in [0.717, 1.165) is 17.7 Å². The van der Waals surface area contributed by atoms with Gasteiger partial charge >= 0.3 is 5.97 Å². The number of ether oxygens (including phenoxy) is 1. The van der Waals surface area contributed by atoms with Crippen LogP contribution in [0, 0.1) is 5.92 Å². The number of rotatable bonds is 7. The quantitative estimate of drug-likeness (QED) is 0.609. The molecule has 29 heavy (non-hydrogen) atoms. The van der Waals surface area contributed by atoms with Gasteiger partial charge in [-0.3, -0.25) is 4.79 Å². The molecule has 3 aromatic rings. The molecule has 2 N–H and O–H groups in total. The summed E-state index contributed by atoms with van der Waals surface area (Å²) in [5.74, 6) is 1.09. The summed E-state index contributed by atoms with van der Waals surface area (Å²) in [5, 5.41) is 16.4. The third kappa shape index (κ3) is 5.13. The maximum Gasteiger partial charge on any atom is 0.303 e. The van der Waals surface area contributed by atoms with E-state index in [2.05, 4.69) is 15.5 Å². The normalized spacial score (nSPS) is 18.2. The van der Waals surface area contributed by atoms with Crippen molar-refractivity contribution in [2.24, 2.45) is 5.92 Å². The van der Waals surface area contributed by atoms with Gasteiger partial charge in [-0.1, -0.05) is 47.6 Å². The van der Waals surface area contributed by atoms with Gasteiger partial charge in [0.2, 0.25) is 5.82 Å². The average molecular weight is 416 g/mol. The van der Waals surface area contributed by atoms with Crippen LogP contribution in [0.15, 0.2) is 59.1 Å². The second-order valence-electron chi connectivity index (χ2n) is 6.86. The summed E-state index contributed by atoms with van der Waals surface area (Å²) in [6.07, 6.45) is 0.160. The van der Waals surface area contributed by atoms with E-state index in [0.29, 0.717) is 24.0 Å². The van der Waals surface area contributed by atoms with Crippen LogP contribution >= 0.6 is 12.4 Å². The van der Waals surface area contributed by atoms with Gasteiger partial charge < -0.3 is 19.7 Å². The Hall–Kier alpha value is -2.90. The lowest BCUT2D eigenvalue weighted by Gasteiger charge is -2.18. The van der Waals surface area contributed by atoms with Crippen molar-refractivity contribution in [2.75, 3.05) is 13.1 Å². The van der Waals surface area contributed by atoms with Crippen molar-refractivity contribution in [3.63, 3.8) is 0 Å². The molecular weight excluding hydrogens is 394 g/mol. The zero-order valence-electron chi connectivity index (χ0n) is 15.7. The number of nitrogens with zero attached hydrogens (tertiary/aromatic N) is 2. The molecule has 2 atom stereocenters. The second kappa shape index (κ2) is 9.54.